The first kappa shape index (κ1) is 25.4. The molecule has 1 aromatic heterocycles. The molecule has 1 saturated heterocycles. The van der Waals surface area contributed by atoms with E-state index >= 15 is 0 Å². The molecular formula is C25H35N5O4. The minimum absolute atomic E-state index is 0.0530. The normalized spacial score (nSPS) is 13.6. The number of carbonyl (C=O) groups is 2. The van der Waals surface area contributed by atoms with Crippen LogP contribution in [0.5, 0.6) is 5.75 Å². The molecule has 0 bridgehead atoms. The number of aromatic nitrogens is 2. The molecule has 34 heavy (non-hydrogen) atoms. The number of aryl methyl sites for hydroxylation is 1. The van der Waals surface area contributed by atoms with Crippen molar-refractivity contribution >= 4 is 17.5 Å². The van der Waals surface area contributed by atoms with Crippen LogP contribution in [-0.2, 0) is 9.53 Å². The van der Waals surface area contributed by atoms with Gasteiger partial charge in [0.05, 0.1) is 24.2 Å². The lowest BCUT2D eigenvalue weighted by molar-refractivity contribution is -0.131. The second-order valence-electron chi connectivity index (χ2n) is 8.20. The smallest absolute Gasteiger partial charge is 0.274 e. The summed E-state index contributed by atoms with van der Waals surface area (Å²) in [5.74, 6) is 0.709. The summed E-state index contributed by atoms with van der Waals surface area (Å²) in [6.07, 6.45) is 4.03. The number of piperazine rings is 1. The molecule has 1 aromatic carbocycles. The van der Waals surface area contributed by atoms with Gasteiger partial charge in [0.2, 0.25) is 5.91 Å². The van der Waals surface area contributed by atoms with E-state index in [4.69, 9.17) is 9.47 Å². The molecule has 2 heterocycles. The molecular weight excluding hydrogens is 434 g/mol. The summed E-state index contributed by atoms with van der Waals surface area (Å²) >= 11 is 0. The molecule has 1 aliphatic heterocycles. The highest BCUT2D eigenvalue weighted by molar-refractivity contribution is 5.92. The fraction of sp³-hybridized carbons (Fsp3) is 0.520. The summed E-state index contributed by atoms with van der Waals surface area (Å²) in [6, 6.07) is 8.00. The van der Waals surface area contributed by atoms with Crippen LogP contribution < -0.4 is 9.64 Å². The van der Waals surface area contributed by atoms with E-state index in [1.165, 1.54) is 6.20 Å². The number of para-hydroxylation sites is 2. The summed E-state index contributed by atoms with van der Waals surface area (Å²) in [7, 11) is 1.63. The monoisotopic (exact) mass is 469 g/mol. The highest BCUT2D eigenvalue weighted by Gasteiger charge is 2.24. The molecule has 0 unspecified atom stereocenters. The van der Waals surface area contributed by atoms with Gasteiger partial charge in [0.25, 0.3) is 5.91 Å². The Morgan fingerprint density at radius 2 is 1.82 bits per heavy atom. The first-order valence-corrected chi connectivity index (χ1v) is 11.8. The molecule has 0 saturated carbocycles. The highest BCUT2D eigenvalue weighted by Crippen LogP contribution is 2.28. The number of amides is 2. The zero-order valence-electron chi connectivity index (χ0n) is 20.4. The summed E-state index contributed by atoms with van der Waals surface area (Å²) in [5.41, 5.74) is 2.10. The summed E-state index contributed by atoms with van der Waals surface area (Å²) in [4.78, 5) is 40.1. The number of nitrogens with zero attached hydrogens (tertiary/aromatic N) is 5. The van der Waals surface area contributed by atoms with E-state index in [9.17, 15) is 9.59 Å². The Labute approximate surface area is 201 Å². The van der Waals surface area contributed by atoms with Crippen molar-refractivity contribution in [2.45, 2.75) is 26.7 Å². The van der Waals surface area contributed by atoms with E-state index < -0.39 is 0 Å². The van der Waals surface area contributed by atoms with Crippen LogP contribution in [0.25, 0.3) is 0 Å². The standard InChI is InChI=1S/C25H35N5O4/c1-4-34-23-9-6-5-8-22(23)28-13-15-29(16-14-28)24(31)10-12-30(11-7-17-33-3)25(32)21-19-26-20(2)18-27-21/h5-6,8-9,18-19H,4,7,10-17H2,1-3H3. The van der Waals surface area contributed by atoms with Crippen molar-refractivity contribution in [3.63, 3.8) is 0 Å². The number of benzene rings is 1. The molecule has 9 nitrogen and oxygen atoms in total. The van der Waals surface area contributed by atoms with Crippen molar-refractivity contribution in [3.8, 4) is 5.75 Å². The third-order valence-electron chi connectivity index (χ3n) is 5.80. The second kappa shape index (κ2) is 12.9. The van der Waals surface area contributed by atoms with Crippen molar-refractivity contribution in [1.82, 2.24) is 19.8 Å². The average Bonchev–Trinajstić information content (AvgIpc) is 2.86. The van der Waals surface area contributed by atoms with Crippen molar-refractivity contribution in [2.24, 2.45) is 0 Å². The van der Waals surface area contributed by atoms with Crippen LogP contribution in [0, 0.1) is 6.92 Å². The molecule has 184 valence electrons. The predicted molar refractivity (Wildman–Crippen MR) is 130 cm³/mol. The largest absolute Gasteiger partial charge is 0.492 e. The van der Waals surface area contributed by atoms with Crippen LogP contribution in [0.1, 0.15) is 35.9 Å². The van der Waals surface area contributed by atoms with Gasteiger partial charge >= 0.3 is 0 Å². The minimum Gasteiger partial charge on any atom is -0.492 e. The lowest BCUT2D eigenvalue weighted by Crippen LogP contribution is -2.49. The Morgan fingerprint density at radius 1 is 1.06 bits per heavy atom. The summed E-state index contributed by atoms with van der Waals surface area (Å²) in [5, 5.41) is 0. The molecule has 1 aliphatic rings. The first-order valence-electron chi connectivity index (χ1n) is 11.8. The number of ether oxygens (including phenoxy) is 2. The predicted octanol–water partition coefficient (Wildman–Crippen LogP) is 2.40. The van der Waals surface area contributed by atoms with Gasteiger partial charge in [0.1, 0.15) is 11.4 Å². The third-order valence-corrected chi connectivity index (χ3v) is 5.80. The van der Waals surface area contributed by atoms with E-state index in [0.29, 0.717) is 45.8 Å². The van der Waals surface area contributed by atoms with Gasteiger partial charge in [-0.15, -0.1) is 0 Å². The van der Waals surface area contributed by atoms with Crippen molar-refractivity contribution in [2.75, 3.05) is 64.5 Å². The maximum atomic E-state index is 13.0. The minimum atomic E-state index is -0.214. The van der Waals surface area contributed by atoms with Crippen molar-refractivity contribution < 1.29 is 19.1 Å². The van der Waals surface area contributed by atoms with E-state index in [1.807, 2.05) is 36.9 Å². The molecule has 0 atom stereocenters. The third kappa shape index (κ3) is 6.90. The molecule has 0 radical (unpaired) electrons. The van der Waals surface area contributed by atoms with Crippen molar-refractivity contribution in [3.05, 3.63) is 48.0 Å². The van der Waals surface area contributed by atoms with Crippen LogP contribution >= 0.6 is 0 Å². The fourth-order valence-electron chi connectivity index (χ4n) is 3.96. The number of hydrogen-bond donors (Lipinski definition) is 0. The lowest BCUT2D eigenvalue weighted by atomic mass is 10.2. The zero-order chi connectivity index (χ0) is 24.3. The van der Waals surface area contributed by atoms with Gasteiger partial charge in [-0.3, -0.25) is 14.6 Å². The Kier molecular flexibility index (Phi) is 9.63. The Balaban J connectivity index is 1.55. The van der Waals surface area contributed by atoms with Gasteiger partial charge in [-0.2, -0.15) is 0 Å². The molecule has 3 rings (SSSR count). The van der Waals surface area contributed by atoms with E-state index in [0.717, 1.165) is 30.2 Å². The van der Waals surface area contributed by atoms with Crippen LogP contribution in [0.2, 0.25) is 0 Å². The average molecular weight is 470 g/mol. The molecule has 2 aromatic rings. The zero-order valence-corrected chi connectivity index (χ0v) is 20.4. The van der Waals surface area contributed by atoms with Crippen molar-refractivity contribution in [1.29, 1.82) is 0 Å². The van der Waals surface area contributed by atoms with Crippen LogP contribution in [0.3, 0.4) is 0 Å². The topological polar surface area (TPSA) is 88.1 Å². The molecule has 0 spiro atoms. The molecule has 1 fully saturated rings. The highest BCUT2D eigenvalue weighted by atomic mass is 16.5. The molecule has 0 N–H and O–H groups in total. The van der Waals surface area contributed by atoms with E-state index in [2.05, 4.69) is 20.9 Å². The Hall–Kier alpha value is -3.20. The number of rotatable bonds is 11. The van der Waals surface area contributed by atoms with Gasteiger partial charge in [-0.25, -0.2) is 4.98 Å². The second-order valence-corrected chi connectivity index (χ2v) is 8.20. The van der Waals surface area contributed by atoms with Gasteiger partial charge in [0.15, 0.2) is 0 Å². The van der Waals surface area contributed by atoms with Crippen LogP contribution in [0.4, 0.5) is 5.69 Å². The SMILES string of the molecule is CCOc1ccccc1N1CCN(C(=O)CCN(CCCOC)C(=O)c2cnc(C)cn2)CC1. The Morgan fingerprint density at radius 3 is 2.50 bits per heavy atom. The van der Waals surface area contributed by atoms with E-state index in [-0.39, 0.29) is 23.9 Å². The quantitative estimate of drug-likeness (QED) is 0.467. The van der Waals surface area contributed by atoms with Gasteiger partial charge in [-0.05, 0) is 32.4 Å². The molecule has 9 heteroatoms. The fourth-order valence-corrected chi connectivity index (χ4v) is 3.96. The summed E-state index contributed by atoms with van der Waals surface area (Å²) in [6.45, 7) is 8.55. The Bertz CT molecular complexity index is 929. The number of anilines is 1. The van der Waals surface area contributed by atoms with E-state index in [1.54, 1.807) is 18.2 Å². The summed E-state index contributed by atoms with van der Waals surface area (Å²) < 4.78 is 10.9. The number of carbonyl (C=O) groups excluding carboxylic acids is 2. The van der Waals surface area contributed by atoms with Crippen LogP contribution in [0.15, 0.2) is 36.7 Å². The molecule has 2 amide bonds. The lowest BCUT2D eigenvalue weighted by Gasteiger charge is -2.37. The number of methoxy groups -OCH3 is 1. The maximum absolute atomic E-state index is 13.0. The maximum Gasteiger partial charge on any atom is 0.274 e. The van der Waals surface area contributed by atoms with Gasteiger partial charge in [0, 0.05) is 65.6 Å². The van der Waals surface area contributed by atoms with Gasteiger partial charge < -0.3 is 24.2 Å². The van der Waals surface area contributed by atoms with Crippen LogP contribution in [-0.4, -0.2) is 91.2 Å². The number of hydrogen-bond acceptors (Lipinski definition) is 7. The molecule has 0 aliphatic carbocycles. The first-order chi connectivity index (χ1) is 16.5. The van der Waals surface area contributed by atoms with Gasteiger partial charge in [-0.1, -0.05) is 12.1 Å².